The molecule has 3 rings (SSSR count). The number of carbonyl (C=O) groups excluding carboxylic acids is 2. The lowest BCUT2D eigenvalue weighted by atomic mass is 10.2. The smallest absolute Gasteiger partial charge is 0.242 e. The van der Waals surface area contributed by atoms with Crippen molar-refractivity contribution < 1.29 is 9.59 Å². The Morgan fingerprint density at radius 1 is 1.39 bits per heavy atom. The van der Waals surface area contributed by atoms with Gasteiger partial charge in [0.15, 0.2) is 0 Å². The molecule has 1 aromatic rings. The van der Waals surface area contributed by atoms with Crippen molar-refractivity contribution in [1.29, 1.82) is 0 Å². The summed E-state index contributed by atoms with van der Waals surface area (Å²) in [7, 11) is 0. The Morgan fingerprint density at radius 3 is 2.83 bits per heavy atom. The van der Waals surface area contributed by atoms with Crippen LogP contribution in [0.15, 0.2) is 17.5 Å². The molecule has 2 fully saturated rings. The third-order valence-corrected chi connectivity index (χ3v) is 4.38. The zero-order valence-corrected chi connectivity index (χ0v) is 11.0. The van der Waals surface area contributed by atoms with E-state index in [1.807, 2.05) is 22.4 Å². The summed E-state index contributed by atoms with van der Waals surface area (Å²) in [6.07, 6.45) is 2.69. The molecule has 1 aliphatic carbocycles. The van der Waals surface area contributed by atoms with Gasteiger partial charge in [-0.1, -0.05) is 6.07 Å². The maximum Gasteiger partial charge on any atom is 0.242 e. The summed E-state index contributed by atoms with van der Waals surface area (Å²) in [6.45, 7) is 1.66. The van der Waals surface area contributed by atoms with Crippen molar-refractivity contribution in [2.75, 3.05) is 19.6 Å². The Hall–Kier alpha value is -1.36. The lowest BCUT2D eigenvalue weighted by Crippen LogP contribution is -2.53. The SMILES string of the molecule is O=C(Cc1cccs1)N1CCN(C2CC2)C(=O)C1. The fourth-order valence-corrected chi connectivity index (χ4v) is 3.04. The fourth-order valence-electron chi connectivity index (χ4n) is 2.35. The van der Waals surface area contributed by atoms with Crippen molar-refractivity contribution >= 4 is 23.2 Å². The summed E-state index contributed by atoms with van der Waals surface area (Å²) < 4.78 is 0. The van der Waals surface area contributed by atoms with Crippen molar-refractivity contribution in [3.8, 4) is 0 Å². The summed E-state index contributed by atoms with van der Waals surface area (Å²) in [5.74, 6) is 0.185. The predicted octanol–water partition coefficient (Wildman–Crippen LogP) is 1.12. The van der Waals surface area contributed by atoms with E-state index in [1.165, 1.54) is 0 Å². The van der Waals surface area contributed by atoms with Gasteiger partial charge in [0.05, 0.1) is 13.0 Å². The summed E-state index contributed by atoms with van der Waals surface area (Å²) >= 11 is 1.59. The second-order valence-electron chi connectivity index (χ2n) is 4.89. The first-order chi connectivity index (χ1) is 8.74. The van der Waals surface area contributed by atoms with Crippen LogP contribution in [0.4, 0.5) is 0 Å². The van der Waals surface area contributed by atoms with Gasteiger partial charge in [0.1, 0.15) is 0 Å². The van der Waals surface area contributed by atoms with Crippen LogP contribution in [0.2, 0.25) is 0 Å². The van der Waals surface area contributed by atoms with E-state index < -0.39 is 0 Å². The number of hydrogen-bond donors (Lipinski definition) is 0. The second kappa shape index (κ2) is 4.72. The topological polar surface area (TPSA) is 40.6 Å². The molecule has 96 valence electrons. The molecule has 1 aromatic heterocycles. The third-order valence-electron chi connectivity index (χ3n) is 3.50. The first-order valence-corrected chi connectivity index (χ1v) is 7.21. The molecular formula is C13H16N2O2S. The number of carbonyl (C=O) groups is 2. The van der Waals surface area contributed by atoms with Gasteiger partial charge in [-0.15, -0.1) is 11.3 Å². The maximum atomic E-state index is 12.1. The average molecular weight is 264 g/mol. The van der Waals surface area contributed by atoms with E-state index in [0.29, 0.717) is 25.6 Å². The molecule has 0 unspecified atom stereocenters. The Balaban J connectivity index is 1.57. The highest BCUT2D eigenvalue weighted by Gasteiger charge is 2.36. The van der Waals surface area contributed by atoms with Crippen LogP contribution < -0.4 is 0 Å². The molecule has 0 atom stereocenters. The highest BCUT2D eigenvalue weighted by Crippen LogP contribution is 2.28. The van der Waals surface area contributed by atoms with Crippen LogP contribution in [-0.4, -0.2) is 47.3 Å². The van der Waals surface area contributed by atoms with E-state index in [9.17, 15) is 9.59 Å². The predicted molar refractivity (Wildman–Crippen MR) is 69.3 cm³/mol. The third kappa shape index (κ3) is 2.41. The number of thiophene rings is 1. The number of hydrogen-bond acceptors (Lipinski definition) is 3. The molecule has 0 N–H and O–H groups in total. The van der Waals surface area contributed by atoms with E-state index in [4.69, 9.17) is 0 Å². The van der Waals surface area contributed by atoms with E-state index in [1.54, 1.807) is 16.2 Å². The molecule has 2 heterocycles. The van der Waals surface area contributed by atoms with Gasteiger partial charge in [-0.05, 0) is 24.3 Å². The molecule has 2 amide bonds. The number of piperazine rings is 1. The van der Waals surface area contributed by atoms with Crippen molar-refractivity contribution in [2.45, 2.75) is 25.3 Å². The summed E-state index contributed by atoms with van der Waals surface area (Å²) in [6, 6.07) is 4.38. The number of nitrogens with zero attached hydrogens (tertiary/aromatic N) is 2. The zero-order chi connectivity index (χ0) is 12.5. The van der Waals surface area contributed by atoms with Crippen LogP contribution in [0, 0.1) is 0 Å². The van der Waals surface area contributed by atoms with Gasteiger partial charge in [-0.25, -0.2) is 0 Å². The summed E-state index contributed by atoms with van der Waals surface area (Å²) in [5.41, 5.74) is 0. The van der Waals surface area contributed by atoms with E-state index in [-0.39, 0.29) is 18.4 Å². The lowest BCUT2D eigenvalue weighted by Gasteiger charge is -2.34. The molecule has 1 saturated carbocycles. The number of amides is 2. The standard InChI is InChI=1S/C13H16N2O2S/c16-12(8-11-2-1-7-18-11)14-5-6-15(10-3-4-10)13(17)9-14/h1-2,7,10H,3-6,8-9H2. The minimum absolute atomic E-state index is 0.0706. The first kappa shape index (κ1) is 11.7. The van der Waals surface area contributed by atoms with Gasteiger partial charge in [0.25, 0.3) is 0 Å². The molecular weight excluding hydrogens is 248 g/mol. The normalized spacial score (nSPS) is 20.3. The van der Waals surface area contributed by atoms with Gasteiger partial charge >= 0.3 is 0 Å². The highest BCUT2D eigenvalue weighted by molar-refractivity contribution is 7.10. The molecule has 18 heavy (non-hydrogen) atoms. The summed E-state index contributed by atoms with van der Waals surface area (Å²) in [5, 5.41) is 1.97. The molecule has 4 nitrogen and oxygen atoms in total. The Labute approximate surface area is 110 Å². The molecule has 2 aliphatic rings. The van der Waals surface area contributed by atoms with Gasteiger partial charge < -0.3 is 9.80 Å². The van der Waals surface area contributed by atoms with Crippen LogP contribution >= 0.6 is 11.3 Å². The van der Waals surface area contributed by atoms with Gasteiger partial charge in [-0.2, -0.15) is 0 Å². The second-order valence-corrected chi connectivity index (χ2v) is 5.92. The monoisotopic (exact) mass is 264 g/mol. The van der Waals surface area contributed by atoms with Crippen molar-refractivity contribution in [2.24, 2.45) is 0 Å². The quantitative estimate of drug-likeness (QED) is 0.821. The van der Waals surface area contributed by atoms with Gasteiger partial charge in [0.2, 0.25) is 11.8 Å². The first-order valence-electron chi connectivity index (χ1n) is 6.33. The molecule has 0 radical (unpaired) electrons. The largest absolute Gasteiger partial charge is 0.336 e. The van der Waals surface area contributed by atoms with Crippen molar-refractivity contribution in [3.05, 3.63) is 22.4 Å². The van der Waals surface area contributed by atoms with E-state index >= 15 is 0 Å². The average Bonchev–Trinajstić information content (AvgIpc) is 3.07. The molecule has 5 heteroatoms. The zero-order valence-electron chi connectivity index (χ0n) is 10.2. The Kier molecular flexibility index (Phi) is 3.07. The maximum absolute atomic E-state index is 12.1. The van der Waals surface area contributed by atoms with E-state index in [0.717, 1.165) is 17.7 Å². The number of rotatable bonds is 3. The molecule has 0 bridgehead atoms. The van der Waals surface area contributed by atoms with Gasteiger partial charge in [-0.3, -0.25) is 9.59 Å². The van der Waals surface area contributed by atoms with Crippen LogP contribution in [0.1, 0.15) is 17.7 Å². The van der Waals surface area contributed by atoms with E-state index in [2.05, 4.69) is 0 Å². The van der Waals surface area contributed by atoms with Crippen molar-refractivity contribution in [1.82, 2.24) is 9.80 Å². The van der Waals surface area contributed by atoms with Crippen LogP contribution in [0.25, 0.3) is 0 Å². The van der Waals surface area contributed by atoms with Crippen LogP contribution in [0.5, 0.6) is 0 Å². The molecule has 0 aromatic carbocycles. The minimum atomic E-state index is 0.0706. The highest BCUT2D eigenvalue weighted by atomic mass is 32.1. The van der Waals surface area contributed by atoms with Gasteiger partial charge in [0, 0.05) is 24.0 Å². The molecule has 0 spiro atoms. The fraction of sp³-hybridized carbons (Fsp3) is 0.538. The minimum Gasteiger partial charge on any atom is -0.336 e. The van der Waals surface area contributed by atoms with Crippen molar-refractivity contribution in [3.63, 3.8) is 0 Å². The van der Waals surface area contributed by atoms with Crippen LogP contribution in [-0.2, 0) is 16.0 Å². The summed E-state index contributed by atoms with van der Waals surface area (Å²) in [4.78, 5) is 28.7. The Bertz CT molecular complexity index is 454. The molecule has 1 saturated heterocycles. The molecule has 1 aliphatic heterocycles. The lowest BCUT2D eigenvalue weighted by molar-refractivity contribution is -0.145. The van der Waals surface area contributed by atoms with Crippen LogP contribution in [0.3, 0.4) is 0 Å². The Morgan fingerprint density at radius 2 is 2.22 bits per heavy atom.